The Kier molecular flexibility index (Phi) is 4.82. The van der Waals surface area contributed by atoms with Crippen LogP contribution in [0.4, 0.5) is 4.39 Å². The van der Waals surface area contributed by atoms with E-state index >= 15 is 0 Å². The van der Waals surface area contributed by atoms with Gasteiger partial charge in [0, 0.05) is 41.7 Å². The Morgan fingerprint density at radius 2 is 1.77 bits per heavy atom. The fraction of sp³-hybridized carbons (Fsp3) is 0.294. The molecule has 22 heavy (non-hydrogen) atoms. The second kappa shape index (κ2) is 6.66. The molecule has 2 nitrogen and oxygen atoms in total. The van der Waals surface area contributed by atoms with Crippen molar-refractivity contribution in [3.8, 4) is 0 Å². The van der Waals surface area contributed by atoms with Crippen LogP contribution in [0.2, 0.25) is 0 Å². The minimum atomic E-state index is -2.60. The summed E-state index contributed by atoms with van der Waals surface area (Å²) in [6, 6.07) is 15.1. The van der Waals surface area contributed by atoms with Crippen LogP contribution in [0.15, 0.2) is 53.0 Å². The number of benzene rings is 2. The van der Waals surface area contributed by atoms with Gasteiger partial charge in [0.25, 0.3) is 0 Å². The highest BCUT2D eigenvalue weighted by molar-refractivity contribution is 9.10. The van der Waals surface area contributed by atoms with Crippen LogP contribution < -0.4 is 5.30 Å². The minimum absolute atomic E-state index is 0.353. The van der Waals surface area contributed by atoms with Crippen LogP contribution in [0.1, 0.15) is 5.56 Å². The van der Waals surface area contributed by atoms with Crippen molar-refractivity contribution in [1.82, 2.24) is 4.90 Å². The predicted octanol–water partition coefficient (Wildman–Crippen LogP) is 4.09. The van der Waals surface area contributed by atoms with Crippen molar-refractivity contribution in [3.63, 3.8) is 0 Å². The van der Waals surface area contributed by atoms with Gasteiger partial charge in [0.2, 0.25) is 0 Å². The summed E-state index contributed by atoms with van der Waals surface area (Å²) in [6.07, 6.45) is 1.11. The van der Waals surface area contributed by atoms with Crippen LogP contribution >= 0.6 is 23.1 Å². The molecule has 0 unspecified atom stereocenters. The second-order valence-electron chi connectivity index (χ2n) is 5.69. The molecule has 0 saturated carbocycles. The Balaban J connectivity index is 1.69. The van der Waals surface area contributed by atoms with E-state index in [4.69, 9.17) is 0 Å². The van der Waals surface area contributed by atoms with Crippen LogP contribution in [-0.2, 0) is 11.1 Å². The molecular weight excluding hydrogens is 364 g/mol. The van der Waals surface area contributed by atoms with Gasteiger partial charge in [-0.05, 0) is 23.8 Å². The zero-order valence-electron chi connectivity index (χ0n) is 12.2. The predicted molar refractivity (Wildman–Crippen MR) is 92.8 cm³/mol. The molecule has 0 N–H and O–H groups in total. The summed E-state index contributed by atoms with van der Waals surface area (Å²) in [4.78, 5) is 2.29. The van der Waals surface area contributed by atoms with Crippen LogP contribution in [0.25, 0.3) is 0 Å². The van der Waals surface area contributed by atoms with Gasteiger partial charge in [0.05, 0.1) is 0 Å². The second-order valence-corrected chi connectivity index (χ2v) is 9.76. The van der Waals surface area contributed by atoms with Gasteiger partial charge in [-0.25, -0.2) is 4.39 Å². The van der Waals surface area contributed by atoms with Gasteiger partial charge in [-0.3, -0.25) is 4.90 Å². The average molecular weight is 382 g/mol. The van der Waals surface area contributed by atoms with Crippen molar-refractivity contribution in [2.75, 3.05) is 25.4 Å². The fourth-order valence-corrected chi connectivity index (χ4v) is 5.93. The topological polar surface area (TPSA) is 20.3 Å². The number of hydrogen-bond acceptors (Lipinski definition) is 2. The van der Waals surface area contributed by atoms with Crippen molar-refractivity contribution in [2.24, 2.45) is 0 Å². The third kappa shape index (κ3) is 3.51. The van der Waals surface area contributed by atoms with Crippen LogP contribution in [0, 0.1) is 5.82 Å². The summed E-state index contributed by atoms with van der Waals surface area (Å²) in [7, 11) is -2.60. The van der Waals surface area contributed by atoms with Gasteiger partial charge in [-0.15, -0.1) is 0 Å². The molecule has 3 rings (SSSR count). The van der Waals surface area contributed by atoms with Crippen LogP contribution in [0.5, 0.6) is 0 Å². The summed E-state index contributed by atoms with van der Waals surface area (Å²) in [5.41, 5.74) is 1.26. The lowest BCUT2D eigenvalue weighted by atomic mass is 10.2. The standard InChI is InChI=1S/C17H18BrFNOP/c18-15-6-7-17(16(19)12-15)22(21)10-8-20(9-11-22)13-14-4-2-1-3-5-14/h1-7,12H,8-11,13H2. The minimum Gasteiger partial charge on any atom is -0.318 e. The highest BCUT2D eigenvalue weighted by Crippen LogP contribution is 2.47. The number of halogens is 2. The summed E-state index contributed by atoms with van der Waals surface area (Å²) in [6.45, 7) is 2.37. The molecule has 2 aromatic rings. The van der Waals surface area contributed by atoms with Gasteiger partial charge < -0.3 is 4.57 Å². The molecule has 1 heterocycles. The highest BCUT2D eigenvalue weighted by Gasteiger charge is 2.32. The summed E-state index contributed by atoms with van der Waals surface area (Å²) < 4.78 is 27.9. The molecular formula is C17H18BrFNOP. The zero-order valence-corrected chi connectivity index (χ0v) is 14.7. The quantitative estimate of drug-likeness (QED) is 0.746. The summed E-state index contributed by atoms with van der Waals surface area (Å²) in [5, 5.41) is 0.412. The molecule has 0 spiro atoms. The molecule has 2 aromatic carbocycles. The normalized spacial score (nSPS) is 18.3. The number of nitrogens with zero attached hydrogens (tertiary/aromatic N) is 1. The first-order valence-electron chi connectivity index (χ1n) is 7.37. The van der Waals surface area contributed by atoms with Crippen molar-refractivity contribution in [1.29, 1.82) is 0 Å². The maximum Gasteiger partial charge on any atom is 0.135 e. The van der Waals surface area contributed by atoms with E-state index in [-0.39, 0.29) is 5.82 Å². The molecule has 0 atom stereocenters. The molecule has 1 aliphatic rings. The third-order valence-electron chi connectivity index (χ3n) is 4.15. The third-order valence-corrected chi connectivity index (χ3v) is 7.73. The van der Waals surface area contributed by atoms with E-state index in [9.17, 15) is 8.96 Å². The Morgan fingerprint density at radius 3 is 2.41 bits per heavy atom. The summed E-state index contributed by atoms with van der Waals surface area (Å²) in [5.74, 6) is -0.353. The van der Waals surface area contributed by atoms with Gasteiger partial charge in [0.15, 0.2) is 0 Å². The van der Waals surface area contributed by atoms with E-state index in [2.05, 4.69) is 33.0 Å². The van der Waals surface area contributed by atoms with Crippen molar-refractivity contribution in [2.45, 2.75) is 6.54 Å². The number of rotatable bonds is 3. The van der Waals surface area contributed by atoms with E-state index in [0.717, 1.165) is 19.6 Å². The molecule has 1 aliphatic heterocycles. The molecule has 5 heteroatoms. The lowest BCUT2D eigenvalue weighted by Gasteiger charge is -2.32. The molecule has 0 aromatic heterocycles. The molecule has 116 valence electrons. The lowest BCUT2D eigenvalue weighted by molar-refractivity contribution is 0.288. The van der Waals surface area contributed by atoms with Crippen molar-refractivity contribution >= 4 is 28.4 Å². The van der Waals surface area contributed by atoms with E-state index < -0.39 is 7.14 Å². The van der Waals surface area contributed by atoms with Gasteiger partial charge in [0.1, 0.15) is 13.0 Å². The Morgan fingerprint density at radius 1 is 1.09 bits per heavy atom. The SMILES string of the molecule is O=P1(c2ccc(Br)cc2F)CCN(Cc2ccccc2)CC1. The molecule has 1 fully saturated rings. The Labute approximate surface area is 138 Å². The first-order chi connectivity index (χ1) is 10.6. The average Bonchev–Trinajstić information content (AvgIpc) is 2.51. The van der Waals surface area contributed by atoms with E-state index in [1.807, 2.05) is 18.2 Å². The van der Waals surface area contributed by atoms with Crippen molar-refractivity contribution < 1.29 is 8.96 Å². The smallest absolute Gasteiger partial charge is 0.135 e. The van der Waals surface area contributed by atoms with E-state index in [1.165, 1.54) is 11.6 Å². The lowest BCUT2D eigenvalue weighted by Crippen LogP contribution is -2.37. The van der Waals surface area contributed by atoms with Crippen molar-refractivity contribution in [3.05, 3.63) is 64.4 Å². The van der Waals surface area contributed by atoms with E-state index in [1.54, 1.807) is 12.1 Å². The van der Waals surface area contributed by atoms with E-state index in [0.29, 0.717) is 22.1 Å². The maximum absolute atomic E-state index is 14.1. The van der Waals surface area contributed by atoms with Gasteiger partial charge >= 0.3 is 0 Å². The Hall–Kier alpha value is -0.960. The van der Waals surface area contributed by atoms with Crippen LogP contribution in [0.3, 0.4) is 0 Å². The monoisotopic (exact) mass is 381 g/mol. The molecule has 0 bridgehead atoms. The summed E-state index contributed by atoms with van der Waals surface area (Å²) >= 11 is 3.25. The molecule has 0 amide bonds. The maximum atomic E-state index is 14.1. The largest absolute Gasteiger partial charge is 0.318 e. The first kappa shape index (κ1) is 15.9. The van der Waals surface area contributed by atoms with Crippen LogP contribution in [-0.4, -0.2) is 30.3 Å². The Bertz CT molecular complexity index is 695. The van der Waals surface area contributed by atoms with Gasteiger partial charge in [-0.2, -0.15) is 0 Å². The zero-order chi connectivity index (χ0) is 15.6. The number of hydrogen-bond donors (Lipinski definition) is 0. The fourth-order valence-electron chi connectivity index (χ4n) is 2.88. The highest BCUT2D eigenvalue weighted by atomic mass is 79.9. The molecule has 1 saturated heterocycles. The molecule has 0 radical (unpaired) electrons. The van der Waals surface area contributed by atoms with Gasteiger partial charge in [-0.1, -0.05) is 46.3 Å². The first-order valence-corrected chi connectivity index (χ1v) is 10.2. The molecule has 0 aliphatic carbocycles.